The summed E-state index contributed by atoms with van der Waals surface area (Å²) < 4.78 is 13.5. The van der Waals surface area contributed by atoms with Crippen LogP contribution in [0.3, 0.4) is 0 Å². The van der Waals surface area contributed by atoms with E-state index in [1.54, 1.807) is 6.07 Å². The lowest BCUT2D eigenvalue weighted by Gasteiger charge is -2.05. The first-order valence-electron chi connectivity index (χ1n) is 4.10. The molecule has 0 saturated heterocycles. The molecule has 64 valence electrons. The second-order valence-corrected chi connectivity index (χ2v) is 2.91. The highest BCUT2D eigenvalue weighted by Gasteiger charge is 2.05. The minimum absolute atomic E-state index is 0.118. The summed E-state index contributed by atoms with van der Waals surface area (Å²) in [4.78, 5) is 0. The van der Waals surface area contributed by atoms with E-state index in [1.165, 1.54) is 0 Å². The van der Waals surface area contributed by atoms with Gasteiger partial charge in [0.05, 0.1) is 0 Å². The first-order valence-corrected chi connectivity index (χ1v) is 4.10. The molecule has 0 heterocycles. The van der Waals surface area contributed by atoms with Gasteiger partial charge in [0, 0.05) is 5.56 Å². The summed E-state index contributed by atoms with van der Waals surface area (Å²) in [6, 6.07) is 5.44. The van der Waals surface area contributed by atoms with E-state index in [2.05, 4.69) is 6.58 Å². The molecule has 0 fully saturated rings. The lowest BCUT2D eigenvalue weighted by molar-refractivity contribution is 0.608. The van der Waals surface area contributed by atoms with Gasteiger partial charge in [0.2, 0.25) is 0 Å². The highest BCUT2D eigenvalue weighted by atomic mass is 19.1. The van der Waals surface area contributed by atoms with Gasteiger partial charge in [-0.25, -0.2) is 4.39 Å². The lowest BCUT2D eigenvalue weighted by Crippen LogP contribution is -1.92. The molecule has 1 rings (SSSR count). The SMILES string of the molecule is C=C(C)c1cccc(CC)c1F. The van der Waals surface area contributed by atoms with Crippen molar-refractivity contribution in [2.24, 2.45) is 0 Å². The van der Waals surface area contributed by atoms with Crippen molar-refractivity contribution in [3.05, 3.63) is 41.7 Å². The van der Waals surface area contributed by atoms with Crippen LogP contribution < -0.4 is 0 Å². The summed E-state index contributed by atoms with van der Waals surface area (Å²) in [5, 5.41) is 0. The zero-order chi connectivity index (χ0) is 9.14. The molecule has 0 saturated carbocycles. The van der Waals surface area contributed by atoms with E-state index in [0.29, 0.717) is 5.56 Å². The van der Waals surface area contributed by atoms with Crippen LogP contribution in [0.1, 0.15) is 25.0 Å². The van der Waals surface area contributed by atoms with E-state index >= 15 is 0 Å². The molecule has 0 nitrogen and oxygen atoms in total. The molecule has 0 unspecified atom stereocenters. The van der Waals surface area contributed by atoms with Gasteiger partial charge in [0.15, 0.2) is 0 Å². The molecule has 12 heavy (non-hydrogen) atoms. The Labute approximate surface area is 72.7 Å². The Morgan fingerprint density at radius 2 is 2.17 bits per heavy atom. The van der Waals surface area contributed by atoms with Gasteiger partial charge in [-0.2, -0.15) is 0 Å². The van der Waals surface area contributed by atoms with Crippen molar-refractivity contribution in [3.63, 3.8) is 0 Å². The third-order valence-corrected chi connectivity index (χ3v) is 1.92. The maximum atomic E-state index is 13.5. The molecule has 1 aromatic carbocycles. The fraction of sp³-hybridized carbons (Fsp3) is 0.273. The van der Waals surface area contributed by atoms with Gasteiger partial charge in [-0.1, -0.05) is 31.7 Å². The topological polar surface area (TPSA) is 0 Å². The second-order valence-electron chi connectivity index (χ2n) is 2.91. The van der Waals surface area contributed by atoms with Gasteiger partial charge in [-0.05, 0) is 24.5 Å². The van der Waals surface area contributed by atoms with Crippen LogP contribution in [-0.4, -0.2) is 0 Å². The molecular weight excluding hydrogens is 151 g/mol. The van der Waals surface area contributed by atoms with E-state index in [-0.39, 0.29) is 5.82 Å². The van der Waals surface area contributed by atoms with Crippen molar-refractivity contribution in [1.29, 1.82) is 0 Å². The molecule has 0 amide bonds. The normalized spacial score (nSPS) is 9.92. The molecule has 0 aliphatic heterocycles. The Hall–Kier alpha value is -1.11. The van der Waals surface area contributed by atoms with Crippen molar-refractivity contribution < 1.29 is 4.39 Å². The summed E-state index contributed by atoms with van der Waals surface area (Å²) in [6.45, 7) is 7.48. The van der Waals surface area contributed by atoms with Crippen molar-refractivity contribution in [3.8, 4) is 0 Å². The zero-order valence-corrected chi connectivity index (χ0v) is 7.52. The van der Waals surface area contributed by atoms with Gasteiger partial charge in [-0.3, -0.25) is 0 Å². The summed E-state index contributed by atoms with van der Waals surface area (Å²) in [5.74, 6) is -0.118. The Bertz CT molecular complexity index is 300. The molecule has 0 aliphatic rings. The molecular formula is C11H13F. The van der Waals surface area contributed by atoms with E-state index in [0.717, 1.165) is 17.6 Å². The van der Waals surface area contributed by atoms with Crippen molar-refractivity contribution in [2.45, 2.75) is 20.3 Å². The lowest BCUT2D eigenvalue weighted by atomic mass is 10.0. The van der Waals surface area contributed by atoms with Gasteiger partial charge in [0.1, 0.15) is 5.82 Å². The molecule has 0 aliphatic carbocycles. The number of rotatable bonds is 2. The van der Waals surface area contributed by atoms with E-state index in [4.69, 9.17) is 0 Å². The predicted molar refractivity (Wildman–Crippen MR) is 50.5 cm³/mol. The highest BCUT2D eigenvalue weighted by Crippen LogP contribution is 2.19. The van der Waals surface area contributed by atoms with Crippen molar-refractivity contribution in [1.82, 2.24) is 0 Å². The van der Waals surface area contributed by atoms with Crippen molar-refractivity contribution >= 4 is 5.57 Å². The Kier molecular flexibility index (Phi) is 2.64. The monoisotopic (exact) mass is 164 g/mol. The zero-order valence-electron chi connectivity index (χ0n) is 7.52. The van der Waals surface area contributed by atoms with Crippen LogP contribution in [0.4, 0.5) is 4.39 Å². The fourth-order valence-corrected chi connectivity index (χ4v) is 1.18. The molecule has 0 N–H and O–H groups in total. The number of aryl methyl sites for hydroxylation is 1. The average molecular weight is 164 g/mol. The third-order valence-electron chi connectivity index (χ3n) is 1.92. The molecule has 0 bridgehead atoms. The van der Waals surface area contributed by atoms with E-state index in [1.807, 2.05) is 26.0 Å². The summed E-state index contributed by atoms with van der Waals surface area (Å²) in [7, 11) is 0. The van der Waals surface area contributed by atoms with Crippen LogP contribution in [0.25, 0.3) is 5.57 Å². The maximum absolute atomic E-state index is 13.5. The van der Waals surface area contributed by atoms with E-state index in [9.17, 15) is 4.39 Å². The molecule has 1 aromatic rings. The standard InChI is InChI=1S/C11H13F/c1-4-9-6-5-7-10(8(2)3)11(9)12/h5-7H,2,4H2,1,3H3. The number of benzene rings is 1. The van der Waals surface area contributed by atoms with Crippen LogP contribution in [0, 0.1) is 5.82 Å². The van der Waals surface area contributed by atoms with E-state index < -0.39 is 0 Å². The minimum Gasteiger partial charge on any atom is -0.206 e. The first kappa shape index (κ1) is 8.98. The average Bonchev–Trinajstić information content (AvgIpc) is 2.04. The van der Waals surface area contributed by atoms with Crippen LogP contribution in [0.5, 0.6) is 0 Å². The van der Waals surface area contributed by atoms with Gasteiger partial charge >= 0.3 is 0 Å². The summed E-state index contributed by atoms with van der Waals surface area (Å²) in [6.07, 6.45) is 0.729. The molecule has 0 atom stereocenters. The largest absolute Gasteiger partial charge is 0.206 e. The first-order chi connectivity index (χ1) is 5.66. The number of halogens is 1. The number of allylic oxidation sites excluding steroid dienone is 1. The van der Waals surface area contributed by atoms with Crippen LogP contribution in [0.15, 0.2) is 24.8 Å². The quantitative estimate of drug-likeness (QED) is 0.628. The van der Waals surface area contributed by atoms with Crippen LogP contribution in [0.2, 0.25) is 0 Å². The van der Waals surface area contributed by atoms with Crippen molar-refractivity contribution in [2.75, 3.05) is 0 Å². The Balaban J connectivity index is 3.23. The number of hydrogen-bond acceptors (Lipinski definition) is 0. The van der Waals surface area contributed by atoms with Gasteiger partial charge < -0.3 is 0 Å². The molecule has 0 radical (unpaired) electrons. The van der Waals surface area contributed by atoms with Crippen LogP contribution in [-0.2, 0) is 6.42 Å². The second kappa shape index (κ2) is 3.53. The van der Waals surface area contributed by atoms with Gasteiger partial charge in [-0.15, -0.1) is 0 Å². The molecule has 0 spiro atoms. The Morgan fingerprint density at radius 1 is 1.50 bits per heavy atom. The maximum Gasteiger partial charge on any atom is 0.133 e. The Morgan fingerprint density at radius 3 is 2.67 bits per heavy atom. The third kappa shape index (κ3) is 1.55. The highest BCUT2D eigenvalue weighted by molar-refractivity contribution is 5.62. The van der Waals surface area contributed by atoms with Crippen LogP contribution >= 0.6 is 0 Å². The summed E-state index contributed by atoms with van der Waals surface area (Å²) >= 11 is 0. The number of hydrogen-bond donors (Lipinski definition) is 0. The molecule has 1 heteroatoms. The smallest absolute Gasteiger partial charge is 0.133 e. The minimum atomic E-state index is -0.118. The summed E-state index contributed by atoms with van der Waals surface area (Å²) in [5.41, 5.74) is 2.17. The predicted octanol–water partition coefficient (Wildman–Crippen LogP) is 3.42. The van der Waals surface area contributed by atoms with Gasteiger partial charge in [0.25, 0.3) is 0 Å². The molecule has 0 aromatic heterocycles. The fourth-order valence-electron chi connectivity index (χ4n) is 1.18.